The van der Waals surface area contributed by atoms with Crippen LogP contribution in [-0.2, 0) is 7.05 Å². The number of halogens is 2. The highest BCUT2D eigenvalue weighted by Gasteiger charge is 2.22. The fourth-order valence-corrected chi connectivity index (χ4v) is 3.55. The molecule has 0 aliphatic rings. The van der Waals surface area contributed by atoms with E-state index in [4.69, 9.17) is 0 Å². The maximum Gasteiger partial charge on any atom is 0.0770 e. The molecule has 0 spiro atoms. The predicted octanol–water partition coefficient (Wildman–Crippen LogP) is 4.34. The van der Waals surface area contributed by atoms with Crippen LogP contribution in [0.3, 0.4) is 0 Å². The lowest BCUT2D eigenvalue weighted by Crippen LogP contribution is -2.26. The first-order chi connectivity index (χ1) is 9.54. The maximum absolute atomic E-state index is 4.33. The highest BCUT2D eigenvalue weighted by molar-refractivity contribution is 9.10. The van der Waals surface area contributed by atoms with E-state index in [2.05, 4.69) is 74.3 Å². The number of hydrogen-bond donors (Lipinski definition) is 1. The summed E-state index contributed by atoms with van der Waals surface area (Å²) in [6, 6.07) is 6.59. The molecule has 0 radical (unpaired) electrons. The van der Waals surface area contributed by atoms with Crippen LogP contribution in [-0.4, -0.2) is 16.3 Å². The topological polar surface area (TPSA) is 29.9 Å². The van der Waals surface area contributed by atoms with Gasteiger partial charge in [-0.15, -0.1) is 0 Å². The quantitative estimate of drug-likeness (QED) is 0.808. The molecule has 1 atom stereocenters. The smallest absolute Gasteiger partial charge is 0.0770 e. The molecule has 0 amide bonds. The zero-order chi connectivity index (χ0) is 14.7. The molecule has 1 N–H and O–H groups in total. The zero-order valence-corrected chi connectivity index (χ0v) is 15.1. The second kappa shape index (κ2) is 6.87. The number of aryl methyl sites for hydroxylation is 2. The third kappa shape index (κ3) is 3.32. The van der Waals surface area contributed by atoms with E-state index in [0.29, 0.717) is 0 Å². The summed E-state index contributed by atoms with van der Waals surface area (Å²) in [5.74, 6) is 0. The molecule has 1 unspecified atom stereocenters. The molecule has 1 aromatic carbocycles. The van der Waals surface area contributed by atoms with Crippen LogP contribution in [0.25, 0.3) is 0 Å². The molecule has 0 aliphatic carbocycles. The Labute approximate surface area is 137 Å². The SMILES string of the molecule is CCCNC(c1ccc(C)cc1Br)c1c(Br)cnn1C. The van der Waals surface area contributed by atoms with Gasteiger partial charge in [-0.3, -0.25) is 4.68 Å². The third-order valence-electron chi connectivity index (χ3n) is 3.28. The minimum Gasteiger partial charge on any atom is -0.305 e. The standard InChI is InChI=1S/C15H19Br2N3/c1-4-7-18-14(15-13(17)9-19-20(15)3)11-6-5-10(2)8-12(11)16/h5-6,8-9,14,18H,4,7H2,1-3H3. The Morgan fingerprint density at radius 3 is 2.60 bits per heavy atom. The Bertz CT molecular complexity index is 573. The molecular formula is C15H19Br2N3. The zero-order valence-electron chi connectivity index (χ0n) is 12.0. The van der Waals surface area contributed by atoms with E-state index in [9.17, 15) is 0 Å². The van der Waals surface area contributed by atoms with Gasteiger partial charge in [0.15, 0.2) is 0 Å². The summed E-state index contributed by atoms with van der Waals surface area (Å²) in [7, 11) is 1.98. The summed E-state index contributed by atoms with van der Waals surface area (Å²) < 4.78 is 4.07. The van der Waals surface area contributed by atoms with Gasteiger partial charge in [0.2, 0.25) is 0 Å². The Morgan fingerprint density at radius 2 is 2.05 bits per heavy atom. The van der Waals surface area contributed by atoms with Gasteiger partial charge in [0.1, 0.15) is 0 Å². The first-order valence-electron chi connectivity index (χ1n) is 6.71. The van der Waals surface area contributed by atoms with Crippen LogP contribution < -0.4 is 5.32 Å². The molecule has 2 aromatic rings. The number of rotatable bonds is 5. The second-order valence-electron chi connectivity index (χ2n) is 4.91. The Hall–Kier alpha value is -0.650. The molecule has 3 nitrogen and oxygen atoms in total. The molecule has 2 rings (SSSR count). The van der Waals surface area contributed by atoms with Crippen molar-refractivity contribution in [3.8, 4) is 0 Å². The molecule has 1 aromatic heterocycles. The predicted molar refractivity (Wildman–Crippen MR) is 89.9 cm³/mol. The molecule has 0 saturated carbocycles. The first kappa shape index (κ1) is 15.7. The molecule has 108 valence electrons. The Kier molecular flexibility index (Phi) is 5.41. The van der Waals surface area contributed by atoms with Crippen molar-refractivity contribution >= 4 is 31.9 Å². The van der Waals surface area contributed by atoms with Gasteiger partial charge in [0, 0.05) is 11.5 Å². The van der Waals surface area contributed by atoms with Gasteiger partial charge in [0.05, 0.1) is 22.4 Å². The van der Waals surface area contributed by atoms with Crippen molar-refractivity contribution in [2.24, 2.45) is 7.05 Å². The van der Waals surface area contributed by atoms with Gasteiger partial charge >= 0.3 is 0 Å². The minimum absolute atomic E-state index is 0.117. The van der Waals surface area contributed by atoms with E-state index in [0.717, 1.165) is 27.6 Å². The van der Waals surface area contributed by atoms with Crippen LogP contribution in [0.5, 0.6) is 0 Å². The lowest BCUT2D eigenvalue weighted by molar-refractivity contribution is 0.550. The highest BCUT2D eigenvalue weighted by atomic mass is 79.9. The molecule has 0 fully saturated rings. The largest absolute Gasteiger partial charge is 0.305 e. The molecule has 0 bridgehead atoms. The second-order valence-corrected chi connectivity index (χ2v) is 6.62. The summed E-state index contributed by atoms with van der Waals surface area (Å²) in [5, 5.41) is 7.94. The van der Waals surface area contributed by atoms with Gasteiger partial charge < -0.3 is 5.32 Å². The van der Waals surface area contributed by atoms with Crippen molar-refractivity contribution in [1.82, 2.24) is 15.1 Å². The Morgan fingerprint density at radius 1 is 1.30 bits per heavy atom. The van der Waals surface area contributed by atoms with Crippen molar-refractivity contribution in [2.45, 2.75) is 26.3 Å². The van der Waals surface area contributed by atoms with E-state index in [1.54, 1.807) is 0 Å². The number of hydrogen-bond acceptors (Lipinski definition) is 2. The lowest BCUT2D eigenvalue weighted by atomic mass is 10.0. The average Bonchev–Trinajstić information content (AvgIpc) is 2.72. The number of nitrogens with one attached hydrogen (secondary N) is 1. The summed E-state index contributed by atoms with van der Waals surface area (Å²) >= 11 is 7.30. The summed E-state index contributed by atoms with van der Waals surface area (Å²) in [6.07, 6.45) is 2.94. The van der Waals surface area contributed by atoms with Crippen molar-refractivity contribution < 1.29 is 0 Å². The monoisotopic (exact) mass is 399 g/mol. The van der Waals surface area contributed by atoms with E-state index < -0.39 is 0 Å². The molecular weight excluding hydrogens is 382 g/mol. The van der Waals surface area contributed by atoms with E-state index >= 15 is 0 Å². The number of nitrogens with zero attached hydrogens (tertiary/aromatic N) is 2. The van der Waals surface area contributed by atoms with Crippen LogP contribution in [0.15, 0.2) is 33.3 Å². The van der Waals surface area contributed by atoms with Crippen molar-refractivity contribution in [2.75, 3.05) is 6.54 Å². The van der Waals surface area contributed by atoms with Crippen LogP contribution in [0.4, 0.5) is 0 Å². The molecule has 0 aliphatic heterocycles. The van der Waals surface area contributed by atoms with Gasteiger partial charge in [0.25, 0.3) is 0 Å². The average molecular weight is 401 g/mol. The van der Waals surface area contributed by atoms with E-state index in [-0.39, 0.29) is 6.04 Å². The fourth-order valence-electron chi connectivity index (χ4n) is 2.25. The van der Waals surface area contributed by atoms with E-state index in [1.807, 2.05) is 17.9 Å². The third-order valence-corrected chi connectivity index (χ3v) is 4.57. The first-order valence-corrected chi connectivity index (χ1v) is 8.30. The highest BCUT2D eigenvalue weighted by Crippen LogP contribution is 2.32. The van der Waals surface area contributed by atoms with Crippen LogP contribution in [0.1, 0.15) is 36.2 Å². The normalized spacial score (nSPS) is 12.7. The van der Waals surface area contributed by atoms with Crippen LogP contribution in [0.2, 0.25) is 0 Å². The fraction of sp³-hybridized carbons (Fsp3) is 0.400. The lowest BCUT2D eigenvalue weighted by Gasteiger charge is -2.21. The number of aromatic nitrogens is 2. The summed E-state index contributed by atoms with van der Waals surface area (Å²) in [5.41, 5.74) is 3.62. The molecule has 20 heavy (non-hydrogen) atoms. The summed E-state index contributed by atoms with van der Waals surface area (Å²) in [4.78, 5) is 0. The van der Waals surface area contributed by atoms with Gasteiger partial charge in [-0.25, -0.2) is 0 Å². The van der Waals surface area contributed by atoms with Crippen molar-refractivity contribution in [3.63, 3.8) is 0 Å². The Balaban J connectivity index is 2.47. The van der Waals surface area contributed by atoms with Gasteiger partial charge in [-0.1, -0.05) is 35.0 Å². The maximum atomic E-state index is 4.33. The van der Waals surface area contributed by atoms with E-state index in [1.165, 1.54) is 11.1 Å². The summed E-state index contributed by atoms with van der Waals surface area (Å²) in [6.45, 7) is 5.23. The van der Waals surface area contributed by atoms with Crippen LogP contribution >= 0.6 is 31.9 Å². The number of benzene rings is 1. The molecule has 1 heterocycles. The van der Waals surface area contributed by atoms with Gasteiger partial charge in [-0.2, -0.15) is 5.10 Å². The minimum atomic E-state index is 0.117. The van der Waals surface area contributed by atoms with Crippen molar-refractivity contribution in [3.05, 3.63) is 50.2 Å². The molecule has 5 heteroatoms. The van der Waals surface area contributed by atoms with Crippen LogP contribution in [0, 0.1) is 6.92 Å². The van der Waals surface area contributed by atoms with Gasteiger partial charge in [-0.05, 0) is 53.0 Å². The molecule has 0 saturated heterocycles. The van der Waals surface area contributed by atoms with Crippen molar-refractivity contribution in [1.29, 1.82) is 0 Å².